The number of rotatable bonds is 2. The number of aromatic nitrogens is 1. The molecule has 0 saturated heterocycles. The number of nitrogens with one attached hydrogen (secondary N) is 1. The molecule has 1 aliphatic rings. The van der Waals surface area contributed by atoms with Gasteiger partial charge in [0.15, 0.2) is 0 Å². The van der Waals surface area contributed by atoms with E-state index in [1.165, 1.54) is 11.3 Å². The minimum atomic E-state index is 0.276. The molecule has 2 aromatic carbocycles. The molecule has 3 nitrogen and oxygen atoms in total. The smallest absolute Gasteiger partial charge is 0.139 e. The first kappa shape index (κ1) is 13.1. The molecular weight excluding hydrogens is 272 g/mol. The third kappa shape index (κ3) is 2.10. The average molecular weight is 290 g/mol. The summed E-state index contributed by atoms with van der Waals surface area (Å²) >= 11 is 0. The number of benzene rings is 2. The Hall–Kier alpha value is -2.55. The lowest BCUT2D eigenvalue weighted by Crippen LogP contribution is -2.00. The Balaban J connectivity index is 1.92. The zero-order valence-electron chi connectivity index (χ0n) is 12.6. The standard InChI is InChI=1S/C19H18N2O/c1-12-9-10-18(22)17(11-12)21-19-13-5-2-3-7-15(13)20-16-8-4-6-14(16)19/h2-3,5,7,9-11,22H,4,6,8H2,1H3,(H,20,21). The number of aromatic hydroxyl groups is 1. The molecule has 1 aromatic heterocycles. The van der Waals surface area contributed by atoms with E-state index < -0.39 is 0 Å². The van der Waals surface area contributed by atoms with Gasteiger partial charge in [0.2, 0.25) is 0 Å². The second-order valence-corrected chi connectivity index (χ2v) is 5.93. The number of para-hydroxylation sites is 1. The van der Waals surface area contributed by atoms with Gasteiger partial charge in [-0.15, -0.1) is 0 Å². The Bertz CT molecular complexity index is 871. The van der Waals surface area contributed by atoms with E-state index >= 15 is 0 Å². The Morgan fingerprint density at radius 1 is 1.09 bits per heavy atom. The summed E-state index contributed by atoms with van der Waals surface area (Å²) in [4.78, 5) is 4.80. The summed E-state index contributed by atoms with van der Waals surface area (Å²) in [5, 5.41) is 14.7. The van der Waals surface area contributed by atoms with Crippen LogP contribution in [0, 0.1) is 6.92 Å². The highest BCUT2D eigenvalue weighted by Gasteiger charge is 2.20. The molecule has 3 heteroatoms. The van der Waals surface area contributed by atoms with Crippen molar-refractivity contribution in [2.24, 2.45) is 0 Å². The minimum absolute atomic E-state index is 0.276. The van der Waals surface area contributed by atoms with E-state index in [2.05, 4.69) is 17.4 Å². The monoisotopic (exact) mass is 290 g/mol. The summed E-state index contributed by atoms with van der Waals surface area (Å²) in [6.45, 7) is 2.03. The predicted octanol–water partition coefficient (Wildman–Crippen LogP) is 4.48. The molecule has 110 valence electrons. The van der Waals surface area contributed by atoms with E-state index in [9.17, 15) is 5.11 Å². The summed E-state index contributed by atoms with van der Waals surface area (Å²) in [5.74, 6) is 0.276. The van der Waals surface area contributed by atoms with Crippen molar-refractivity contribution in [1.82, 2.24) is 4.98 Å². The molecule has 0 fully saturated rings. The van der Waals surface area contributed by atoms with Crippen LogP contribution < -0.4 is 5.32 Å². The normalized spacial score (nSPS) is 13.3. The fourth-order valence-corrected chi connectivity index (χ4v) is 3.24. The molecule has 2 N–H and O–H groups in total. The van der Waals surface area contributed by atoms with Crippen LogP contribution in [-0.2, 0) is 12.8 Å². The number of hydrogen-bond acceptors (Lipinski definition) is 3. The molecule has 4 rings (SSSR count). The van der Waals surface area contributed by atoms with Gasteiger partial charge >= 0.3 is 0 Å². The number of phenolic OH excluding ortho intramolecular Hbond substituents is 1. The molecule has 22 heavy (non-hydrogen) atoms. The van der Waals surface area contributed by atoms with Crippen molar-refractivity contribution >= 4 is 22.3 Å². The van der Waals surface area contributed by atoms with Crippen LogP contribution in [0.5, 0.6) is 5.75 Å². The number of nitrogens with zero attached hydrogens (tertiary/aromatic N) is 1. The van der Waals surface area contributed by atoms with Gasteiger partial charge in [0.1, 0.15) is 5.75 Å². The Labute approximate surface area is 129 Å². The number of hydrogen-bond donors (Lipinski definition) is 2. The lowest BCUT2D eigenvalue weighted by Gasteiger charge is -2.16. The van der Waals surface area contributed by atoms with Crippen molar-refractivity contribution in [3.8, 4) is 5.75 Å². The van der Waals surface area contributed by atoms with Crippen molar-refractivity contribution < 1.29 is 5.11 Å². The predicted molar refractivity (Wildman–Crippen MR) is 89.9 cm³/mol. The zero-order chi connectivity index (χ0) is 15.1. The lowest BCUT2D eigenvalue weighted by atomic mass is 10.1. The summed E-state index contributed by atoms with van der Waals surface area (Å²) < 4.78 is 0. The second kappa shape index (κ2) is 5.02. The summed E-state index contributed by atoms with van der Waals surface area (Å²) in [5.41, 5.74) is 6.46. The van der Waals surface area contributed by atoms with Crippen molar-refractivity contribution in [3.05, 3.63) is 59.3 Å². The lowest BCUT2D eigenvalue weighted by molar-refractivity contribution is 0.477. The Morgan fingerprint density at radius 2 is 1.95 bits per heavy atom. The van der Waals surface area contributed by atoms with Gasteiger partial charge < -0.3 is 10.4 Å². The molecule has 0 spiro atoms. The number of phenols is 1. The Morgan fingerprint density at radius 3 is 2.86 bits per heavy atom. The van der Waals surface area contributed by atoms with Gasteiger partial charge in [0.05, 0.1) is 16.9 Å². The first-order valence-electron chi connectivity index (χ1n) is 7.69. The van der Waals surface area contributed by atoms with E-state index in [-0.39, 0.29) is 5.75 Å². The van der Waals surface area contributed by atoms with Crippen LogP contribution in [0.3, 0.4) is 0 Å². The molecule has 1 aliphatic carbocycles. The summed E-state index contributed by atoms with van der Waals surface area (Å²) in [7, 11) is 0. The van der Waals surface area contributed by atoms with Gasteiger partial charge in [-0.05, 0) is 55.5 Å². The van der Waals surface area contributed by atoms with Crippen LogP contribution in [0.15, 0.2) is 42.5 Å². The first-order valence-corrected chi connectivity index (χ1v) is 7.69. The Kier molecular flexibility index (Phi) is 3.00. The van der Waals surface area contributed by atoms with Crippen LogP contribution in [0.25, 0.3) is 10.9 Å². The van der Waals surface area contributed by atoms with Crippen LogP contribution in [0.2, 0.25) is 0 Å². The fraction of sp³-hybridized carbons (Fsp3) is 0.211. The maximum absolute atomic E-state index is 10.1. The largest absolute Gasteiger partial charge is 0.506 e. The number of pyridine rings is 1. The number of anilines is 2. The molecule has 0 amide bonds. The summed E-state index contributed by atoms with van der Waals surface area (Å²) in [6, 6.07) is 13.8. The van der Waals surface area contributed by atoms with Gasteiger partial charge in [-0.1, -0.05) is 24.3 Å². The molecule has 1 heterocycles. The van der Waals surface area contributed by atoms with Crippen molar-refractivity contribution in [2.45, 2.75) is 26.2 Å². The number of fused-ring (bicyclic) bond motifs is 2. The van der Waals surface area contributed by atoms with E-state index in [0.29, 0.717) is 0 Å². The van der Waals surface area contributed by atoms with Crippen LogP contribution >= 0.6 is 0 Å². The molecule has 3 aromatic rings. The van der Waals surface area contributed by atoms with Gasteiger partial charge in [0.25, 0.3) is 0 Å². The fourth-order valence-electron chi connectivity index (χ4n) is 3.24. The molecule has 0 atom stereocenters. The highest BCUT2D eigenvalue weighted by atomic mass is 16.3. The van der Waals surface area contributed by atoms with Crippen molar-refractivity contribution in [3.63, 3.8) is 0 Å². The van der Waals surface area contributed by atoms with Gasteiger partial charge in [0, 0.05) is 11.1 Å². The molecule has 0 bridgehead atoms. The van der Waals surface area contributed by atoms with Gasteiger partial charge in [-0.3, -0.25) is 4.98 Å². The highest BCUT2D eigenvalue weighted by Crippen LogP contribution is 2.37. The second-order valence-electron chi connectivity index (χ2n) is 5.93. The van der Waals surface area contributed by atoms with E-state index in [0.717, 1.165) is 47.1 Å². The minimum Gasteiger partial charge on any atom is -0.506 e. The van der Waals surface area contributed by atoms with Crippen LogP contribution in [0.1, 0.15) is 23.2 Å². The quantitative estimate of drug-likeness (QED) is 0.684. The van der Waals surface area contributed by atoms with E-state index in [4.69, 9.17) is 4.98 Å². The van der Waals surface area contributed by atoms with E-state index in [1.807, 2.05) is 31.2 Å². The number of aryl methyl sites for hydroxylation is 2. The highest BCUT2D eigenvalue weighted by molar-refractivity contribution is 5.96. The maximum Gasteiger partial charge on any atom is 0.139 e. The molecule has 0 radical (unpaired) electrons. The van der Waals surface area contributed by atoms with Crippen molar-refractivity contribution in [1.29, 1.82) is 0 Å². The zero-order valence-corrected chi connectivity index (χ0v) is 12.6. The molecule has 0 aliphatic heterocycles. The van der Waals surface area contributed by atoms with Gasteiger partial charge in [-0.25, -0.2) is 0 Å². The van der Waals surface area contributed by atoms with Gasteiger partial charge in [-0.2, -0.15) is 0 Å². The average Bonchev–Trinajstić information content (AvgIpc) is 2.98. The van der Waals surface area contributed by atoms with E-state index in [1.54, 1.807) is 6.07 Å². The van der Waals surface area contributed by atoms with Crippen LogP contribution in [-0.4, -0.2) is 10.1 Å². The SMILES string of the molecule is Cc1ccc(O)c(Nc2c3c(nc4ccccc24)CCC3)c1. The molecule has 0 unspecified atom stereocenters. The first-order chi connectivity index (χ1) is 10.7. The molecule has 0 saturated carbocycles. The third-order valence-electron chi connectivity index (χ3n) is 4.33. The molecular formula is C19H18N2O. The van der Waals surface area contributed by atoms with Crippen molar-refractivity contribution in [2.75, 3.05) is 5.32 Å². The topological polar surface area (TPSA) is 45.1 Å². The summed E-state index contributed by atoms with van der Waals surface area (Å²) in [6.07, 6.45) is 3.23. The van der Waals surface area contributed by atoms with Crippen LogP contribution in [0.4, 0.5) is 11.4 Å². The maximum atomic E-state index is 10.1. The third-order valence-corrected chi connectivity index (χ3v) is 4.33.